The van der Waals surface area contributed by atoms with Crippen LogP contribution in [0.15, 0.2) is 30.3 Å². The van der Waals surface area contributed by atoms with Gasteiger partial charge in [-0.3, -0.25) is 4.79 Å². The molecule has 0 atom stereocenters. The third-order valence-electron chi connectivity index (χ3n) is 2.25. The number of aryl methyl sites for hydroxylation is 2. The van der Waals surface area contributed by atoms with E-state index in [-0.39, 0.29) is 12.5 Å². The Hall–Kier alpha value is -1.88. The molecule has 1 aromatic carbocycles. The highest BCUT2D eigenvalue weighted by atomic mass is 32.1. The molecule has 0 unspecified atom stereocenters. The zero-order chi connectivity index (χ0) is 13.0. The zero-order valence-electron chi connectivity index (χ0n) is 10.3. The Morgan fingerprint density at radius 3 is 2.89 bits per heavy atom. The second kappa shape index (κ2) is 5.64. The summed E-state index contributed by atoms with van der Waals surface area (Å²) in [7, 11) is 0. The van der Waals surface area contributed by atoms with E-state index in [2.05, 4.69) is 9.69 Å². The number of hydrogen-bond donors (Lipinski definition) is 1. The molecule has 0 aliphatic rings. The lowest BCUT2D eigenvalue weighted by atomic mass is 10.2. The van der Waals surface area contributed by atoms with Crippen LogP contribution in [0.25, 0.3) is 0 Å². The molecule has 0 spiro atoms. The predicted octanol–water partition coefficient (Wildman–Crippen LogP) is 2.78. The van der Waals surface area contributed by atoms with Crippen molar-refractivity contribution in [3.63, 3.8) is 0 Å². The molecule has 0 fully saturated rings. The molecule has 18 heavy (non-hydrogen) atoms. The number of hydrogen-bond acceptors (Lipinski definition) is 4. The van der Waals surface area contributed by atoms with Crippen molar-refractivity contribution in [3.05, 3.63) is 41.6 Å². The predicted molar refractivity (Wildman–Crippen MR) is 72.2 cm³/mol. The highest BCUT2D eigenvalue weighted by Gasteiger charge is 2.05. The Bertz CT molecular complexity index is 551. The van der Waals surface area contributed by atoms with Crippen molar-refractivity contribution in [2.75, 3.05) is 11.9 Å². The van der Waals surface area contributed by atoms with E-state index in [4.69, 9.17) is 4.74 Å². The number of anilines is 1. The van der Waals surface area contributed by atoms with Crippen LogP contribution < -0.4 is 10.1 Å². The second-order valence-electron chi connectivity index (χ2n) is 3.99. The Morgan fingerprint density at radius 2 is 2.22 bits per heavy atom. The summed E-state index contributed by atoms with van der Waals surface area (Å²) in [6.45, 7) is 3.86. The Morgan fingerprint density at radius 1 is 1.39 bits per heavy atom. The first-order valence-electron chi connectivity index (χ1n) is 5.56. The van der Waals surface area contributed by atoms with Crippen LogP contribution in [0.1, 0.15) is 11.3 Å². The molecule has 0 bridgehead atoms. The van der Waals surface area contributed by atoms with Crippen molar-refractivity contribution in [3.8, 4) is 5.75 Å². The molecule has 1 aromatic heterocycles. The average Bonchev–Trinajstić information content (AvgIpc) is 2.72. The fourth-order valence-corrected chi connectivity index (χ4v) is 2.13. The van der Waals surface area contributed by atoms with Crippen LogP contribution in [0, 0.1) is 13.8 Å². The molecule has 1 heterocycles. The topological polar surface area (TPSA) is 51.2 Å². The van der Waals surface area contributed by atoms with Crippen molar-refractivity contribution in [2.24, 2.45) is 0 Å². The van der Waals surface area contributed by atoms with Crippen molar-refractivity contribution >= 4 is 22.4 Å². The fraction of sp³-hybridized carbons (Fsp3) is 0.231. The van der Waals surface area contributed by atoms with Gasteiger partial charge < -0.3 is 10.1 Å². The van der Waals surface area contributed by atoms with Crippen LogP contribution in [-0.2, 0) is 4.79 Å². The molecule has 0 aliphatic carbocycles. The van der Waals surface area contributed by atoms with Gasteiger partial charge in [-0.25, -0.2) is 0 Å². The van der Waals surface area contributed by atoms with Gasteiger partial charge in [0.05, 0.1) is 5.69 Å². The minimum Gasteiger partial charge on any atom is -0.484 e. The molecule has 0 saturated heterocycles. The number of nitrogens with one attached hydrogen (secondary N) is 1. The molecule has 0 aliphatic heterocycles. The minimum atomic E-state index is -0.180. The van der Waals surface area contributed by atoms with Gasteiger partial charge in [0, 0.05) is 0 Å². The summed E-state index contributed by atoms with van der Waals surface area (Å²) in [6.07, 6.45) is 0. The molecule has 2 rings (SSSR count). The van der Waals surface area contributed by atoms with Crippen LogP contribution >= 0.6 is 11.5 Å². The van der Waals surface area contributed by atoms with Gasteiger partial charge in [0.2, 0.25) is 0 Å². The summed E-state index contributed by atoms with van der Waals surface area (Å²) in [4.78, 5) is 11.6. The number of ether oxygens (including phenoxy) is 1. The Labute approximate surface area is 110 Å². The summed E-state index contributed by atoms with van der Waals surface area (Å²) < 4.78 is 9.49. The second-order valence-corrected chi connectivity index (χ2v) is 4.79. The highest BCUT2D eigenvalue weighted by molar-refractivity contribution is 7.10. The maximum absolute atomic E-state index is 11.6. The van der Waals surface area contributed by atoms with Gasteiger partial charge in [0.1, 0.15) is 10.8 Å². The number of amides is 1. The normalized spacial score (nSPS) is 10.1. The van der Waals surface area contributed by atoms with E-state index in [9.17, 15) is 4.79 Å². The van der Waals surface area contributed by atoms with E-state index in [0.29, 0.717) is 5.75 Å². The lowest BCUT2D eigenvalue weighted by molar-refractivity contribution is -0.118. The molecule has 0 radical (unpaired) electrons. The number of nitrogens with zero attached hydrogens (tertiary/aromatic N) is 1. The third-order valence-corrected chi connectivity index (χ3v) is 3.05. The van der Waals surface area contributed by atoms with Crippen LogP contribution in [0.3, 0.4) is 0 Å². The van der Waals surface area contributed by atoms with Crippen molar-refractivity contribution < 1.29 is 9.53 Å². The van der Waals surface area contributed by atoms with Gasteiger partial charge in [0.25, 0.3) is 5.91 Å². The first-order valence-corrected chi connectivity index (χ1v) is 6.33. The van der Waals surface area contributed by atoms with E-state index in [0.717, 1.165) is 16.3 Å². The van der Waals surface area contributed by atoms with Crippen molar-refractivity contribution in [1.82, 2.24) is 4.37 Å². The lowest BCUT2D eigenvalue weighted by Gasteiger charge is -2.06. The quantitative estimate of drug-likeness (QED) is 0.921. The number of rotatable bonds is 4. The van der Waals surface area contributed by atoms with Crippen LogP contribution in [-0.4, -0.2) is 16.9 Å². The summed E-state index contributed by atoms with van der Waals surface area (Å²) in [5, 5.41) is 3.48. The monoisotopic (exact) mass is 262 g/mol. The number of carbonyl (C=O) groups is 1. The lowest BCUT2D eigenvalue weighted by Crippen LogP contribution is -2.19. The standard InChI is InChI=1S/C13H14N2O2S/c1-9-4-3-5-11(6-9)17-8-12(16)14-13-7-10(2)15-18-13/h3-7H,8H2,1-2H3,(H,14,16). The number of benzene rings is 1. The summed E-state index contributed by atoms with van der Waals surface area (Å²) in [6, 6.07) is 9.43. The average molecular weight is 262 g/mol. The minimum absolute atomic E-state index is 0.000398. The van der Waals surface area contributed by atoms with Gasteiger partial charge in [-0.05, 0) is 49.1 Å². The van der Waals surface area contributed by atoms with Crippen molar-refractivity contribution in [1.29, 1.82) is 0 Å². The maximum atomic E-state index is 11.6. The van der Waals surface area contributed by atoms with E-state index in [1.165, 1.54) is 11.5 Å². The third kappa shape index (κ3) is 3.56. The molecule has 1 N–H and O–H groups in total. The molecule has 94 valence electrons. The molecule has 5 heteroatoms. The van der Waals surface area contributed by atoms with E-state index < -0.39 is 0 Å². The summed E-state index contributed by atoms with van der Waals surface area (Å²) >= 11 is 1.26. The molecule has 0 saturated carbocycles. The Kier molecular flexibility index (Phi) is 3.94. The van der Waals surface area contributed by atoms with Crippen LogP contribution in [0.2, 0.25) is 0 Å². The van der Waals surface area contributed by atoms with Crippen LogP contribution in [0.5, 0.6) is 5.75 Å². The van der Waals surface area contributed by atoms with Gasteiger partial charge in [-0.2, -0.15) is 4.37 Å². The van der Waals surface area contributed by atoms with Gasteiger partial charge in [-0.1, -0.05) is 12.1 Å². The van der Waals surface area contributed by atoms with Gasteiger partial charge in [0.15, 0.2) is 6.61 Å². The maximum Gasteiger partial charge on any atom is 0.262 e. The van der Waals surface area contributed by atoms with Gasteiger partial charge >= 0.3 is 0 Å². The van der Waals surface area contributed by atoms with E-state index in [1.54, 1.807) is 0 Å². The SMILES string of the molecule is Cc1cccc(OCC(=O)Nc2cc(C)ns2)c1. The largest absolute Gasteiger partial charge is 0.484 e. The first-order chi connectivity index (χ1) is 8.63. The number of carbonyl (C=O) groups excluding carboxylic acids is 1. The van der Waals surface area contributed by atoms with Gasteiger partial charge in [-0.15, -0.1) is 0 Å². The first kappa shape index (κ1) is 12.6. The fourth-order valence-electron chi connectivity index (χ4n) is 1.45. The molecular formula is C13H14N2O2S. The van der Waals surface area contributed by atoms with E-state index in [1.807, 2.05) is 44.2 Å². The zero-order valence-corrected chi connectivity index (χ0v) is 11.1. The molecular weight excluding hydrogens is 248 g/mol. The Balaban J connectivity index is 1.85. The molecule has 4 nitrogen and oxygen atoms in total. The van der Waals surface area contributed by atoms with E-state index >= 15 is 0 Å². The molecule has 2 aromatic rings. The molecule has 1 amide bonds. The van der Waals surface area contributed by atoms with Crippen molar-refractivity contribution in [2.45, 2.75) is 13.8 Å². The summed E-state index contributed by atoms with van der Waals surface area (Å²) in [5.41, 5.74) is 2.00. The van der Waals surface area contributed by atoms with Crippen LogP contribution in [0.4, 0.5) is 5.00 Å². The smallest absolute Gasteiger partial charge is 0.262 e. The summed E-state index contributed by atoms with van der Waals surface area (Å²) in [5.74, 6) is 0.519. The number of aromatic nitrogens is 1. The highest BCUT2D eigenvalue weighted by Crippen LogP contribution is 2.16.